The minimum absolute atomic E-state index is 0.184. The first-order chi connectivity index (χ1) is 15.0. The van der Waals surface area contributed by atoms with Crippen LogP contribution in [0.5, 0.6) is 5.75 Å². The summed E-state index contributed by atoms with van der Waals surface area (Å²) in [7, 11) is 1.88. The number of ether oxygens (including phenoxy) is 1. The summed E-state index contributed by atoms with van der Waals surface area (Å²) in [5.74, 6) is 1.26. The van der Waals surface area contributed by atoms with E-state index in [1.807, 2.05) is 51.4 Å². The lowest BCUT2D eigenvalue weighted by Gasteiger charge is -2.16. The second-order valence-electron chi connectivity index (χ2n) is 7.23. The van der Waals surface area contributed by atoms with E-state index >= 15 is 0 Å². The van der Waals surface area contributed by atoms with E-state index in [1.54, 1.807) is 28.0 Å². The largest absolute Gasteiger partial charge is 0.487 e. The van der Waals surface area contributed by atoms with Crippen LogP contribution in [0.2, 0.25) is 0 Å². The maximum atomic E-state index is 9.47. The van der Waals surface area contributed by atoms with Crippen molar-refractivity contribution in [2.75, 3.05) is 5.32 Å². The number of rotatable bonds is 7. The number of hydrogen-bond acceptors (Lipinski definition) is 7. The Hall–Kier alpha value is -4.19. The third-order valence-electron chi connectivity index (χ3n) is 4.71. The van der Waals surface area contributed by atoms with Crippen LogP contribution in [-0.4, -0.2) is 35.6 Å². The number of aromatic nitrogens is 6. The standard InChI is InChI=1S/C22H22N8O/c1-15(11-30-14-24-13-26-30)31-21-8-17(4-5-18(21)9-23)19-6-7-22(25-10-19)27-20-12-29(3)28-16(20)2/h4-8,10,12-15H,11H2,1-3H3,(H,25,27)/t15-/m0/s1. The normalized spacial score (nSPS) is 11.7. The summed E-state index contributed by atoms with van der Waals surface area (Å²) in [6.45, 7) is 4.40. The molecule has 31 heavy (non-hydrogen) atoms. The Morgan fingerprint density at radius 1 is 1.23 bits per heavy atom. The lowest BCUT2D eigenvalue weighted by atomic mass is 10.0. The highest BCUT2D eigenvalue weighted by Crippen LogP contribution is 2.28. The van der Waals surface area contributed by atoms with Crippen molar-refractivity contribution in [3.8, 4) is 22.9 Å². The average Bonchev–Trinajstić information content (AvgIpc) is 3.37. The quantitative estimate of drug-likeness (QED) is 0.493. The lowest BCUT2D eigenvalue weighted by Crippen LogP contribution is -2.20. The molecular weight excluding hydrogens is 392 g/mol. The summed E-state index contributed by atoms with van der Waals surface area (Å²) in [5, 5.41) is 21.2. The Morgan fingerprint density at radius 2 is 2.06 bits per heavy atom. The van der Waals surface area contributed by atoms with E-state index in [1.165, 1.54) is 6.33 Å². The maximum absolute atomic E-state index is 9.47. The van der Waals surface area contributed by atoms with Gasteiger partial charge in [0.15, 0.2) is 0 Å². The molecule has 0 aliphatic carbocycles. The smallest absolute Gasteiger partial charge is 0.138 e. The van der Waals surface area contributed by atoms with Gasteiger partial charge in [0.1, 0.15) is 36.4 Å². The number of nitriles is 1. The van der Waals surface area contributed by atoms with Crippen LogP contribution in [0.15, 0.2) is 55.4 Å². The summed E-state index contributed by atoms with van der Waals surface area (Å²) in [5.41, 5.74) is 4.14. The zero-order chi connectivity index (χ0) is 21.8. The lowest BCUT2D eigenvalue weighted by molar-refractivity contribution is 0.193. The Kier molecular flexibility index (Phi) is 5.62. The minimum Gasteiger partial charge on any atom is -0.487 e. The van der Waals surface area contributed by atoms with Crippen LogP contribution < -0.4 is 10.1 Å². The third kappa shape index (κ3) is 4.70. The molecule has 1 aromatic carbocycles. The predicted octanol–water partition coefficient (Wildman–Crippen LogP) is 3.46. The van der Waals surface area contributed by atoms with Gasteiger partial charge in [-0.15, -0.1) is 0 Å². The van der Waals surface area contributed by atoms with Crippen molar-refractivity contribution in [1.29, 1.82) is 5.26 Å². The van der Waals surface area contributed by atoms with Crippen molar-refractivity contribution < 1.29 is 4.74 Å². The summed E-state index contributed by atoms with van der Waals surface area (Å²) in [6, 6.07) is 11.6. The first kappa shape index (κ1) is 20.1. The van der Waals surface area contributed by atoms with Crippen LogP contribution in [0.1, 0.15) is 18.2 Å². The Bertz CT molecular complexity index is 1210. The molecule has 9 heteroatoms. The molecule has 4 aromatic rings. The van der Waals surface area contributed by atoms with Crippen LogP contribution in [0, 0.1) is 18.3 Å². The first-order valence-corrected chi connectivity index (χ1v) is 9.78. The maximum Gasteiger partial charge on any atom is 0.138 e. The number of pyridine rings is 1. The van der Waals surface area contributed by atoms with Crippen LogP contribution in [0.4, 0.5) is 11.5 Å². The molecule has 0 saturated heterocycles. The number of benzene rings is 1. The number of nitrogens with one attached hydrogen (secondary N) is 1. The number of nitrogens with zero attached hydrogens (tertiary/aromatic N) is 7. The molecule has 0 radical (unpaired) electrons. The van der Waals surface area contributed by atoms with Crippen molar-refractivity contribution in [3.63, 3.8) is 0 Å². The molecule has 0 bridgehead atoms. The fourth-order valence-corrected chi connectivity index (χ4v) is 3.24. The molecule has 0 spiro atoms. The third-order valence-corrected chi connectivity index (χ3v) is 4.71. The van der Waals surface area contributed by atoms with Gasteiger partial charge in [0.25, 0.3) is 0 Å². The molecule has 3 aromatic heterocycles. The van der Waals surface area contributed by atoms with Gasteiger partial charge in [0.2, 0.25) is 0 Å². The fourth-order valence-electron chi connectivity index (χ4n) is 3.24. The molecule has 1 atom stereocenters. The highest BCUT2D eigenvalue weighted by atomic mass is 16.5. The molecule has 0 aliphatic heterocycles. The second kappa shape index (κ2) is 8.67. The number of aryl methyl sites for hydroxylation is 2. The molecule has 0 amide bonds. The Morgan fingerprint density at radius 3 is 2.71 bits per heavy atom. The molecular formula is C22H22N8O. The van der Waals surface area contributed by atoms with Gasteiger partial charge < -0.3 is 10.1 Å². The molecule has 0 aliphatic rings. The highest BCUT2D eigenvalue weighted by molar-refractivity contribution is 5.68. The SMILES string of the molecule is Cc1nn(C)cc1Nc1ccc(-c2ccc(C#N)c(O[C@@H](C)Cn3cncn3)c2)cn1. The van der Waals surface area contributed by atoms with Gasteiger partial charge in [-0.3, -0.25) is 4.68 Å². The van der Waals surface area contributed by atoms with E-state index in [9.17, 15) is 5.26 Å². The predicted molar refractivity (Wildman–Crippen MR) is 116 cm³/mol. The van der Waals surface area contributed by atoms with E-state index in [0.29, 0.717) is 17.9 Å². The zero-order valence-electron chi connectivity index (χ0n) is 17.5. The van der Waals surface area contributed by atoms with E-state index in [0.717, 1.165) is 28.3 Å². The highest BCUT2D eigenvalue weighted by Gasteiger charge is 2.12. The van der Waals surface area contributed by atoms with Gasteiger partial charge in [0, 0.05) is 25.0 Å². The van der Waals surface area contributed by atoms with Gasteiger partial charge in [-0.25, -0.2) is 14.6 Å². The fraction of sp³-hybridized carbons (Fsp3) is 0.227. The van der Waals surface area contributed by atoms with E-state index in [-0.39, 0.29) is 6.10 Å². The molecule has 0 unspecified atom stereocenters. The summed E-state index contributed by atoms with van der Waals surface area (Å²) >= 11 is 0. The van der Waals surface area contributed by atoms with Crippen molar-refractivity contribution in [2.45, 2.75) is 26.5 Å². The molecule has 156 valence electrons. The van der Waals surface area contributed by atoms with E-state index in [2.05, 4.69) is 31.6 Å². The molecule has 4 rings (SSSR count). The monoisotopic (exact) mass is 414 g/mol. The van der Waals surface area contributed by atoms with Gasteiger partial charge in [-0.2, -0.15) is 15.5 Å². The second-order valence-corrected chi connectivity index (χ2v) is 7.23. The van der Waals surface area contributed by atoms with E-state index in [4.69, 9.17) is 4.74 Å². The first-order valence-electron chi connectivity index (χ1n) is 9.78. The molecule has 0 saturated carbocycles. The van der Waals surface area contributed by atoms with Crippen molar-refractivity contribution in [3.05, 3.63) is 66.6 Å². The summed E-state index contributed by atoms with van der Waals surface area (Å²) in [4.78, 5) is 8.45. The van der Waals surface area contributed by atoms with Gasteiger partial charge in [-0.05, 0) is 43.7 Å². The van der Waals surface area contributed by atoms with Crippen molar-refractivity contribution >= 4 is 11.5 Å². The topological polar surface area (TPSA) is 106 Å². The number of anilines is 2. The minimum atomic E-state index is -0.184. The van der Waals surface area contributed by atoms with Crippen molar-refractivity contribution in [1.82, 2.24) is 29.5 Å². The summed E-state index contributed by atoms with van der Waals surface area (Å²) < 4.78 is 9.49. The van der Waals surface area contributed by atoms with Crippen LogP contribution in [0.25, 0.3) is 11.1 Å². The Balaban J connectivity index is 1.51. The van der Waals surface area contributed by atoms with Crippen molar-refractivity contribution in [2.24, 2.45) is 7.05 Å². The Labute approximate surface area is 180 Å². The molecule has 1 N–H and O–H groups in total. The van der Waals surface area contributed by atoms with Gasteiger partial charge in [-0.1, -0.05) is 6.07 Å². The molecule has 3 heterocycles. The van der Waals surface area contributed by atoms with Gasteiger partial charge in [0.05, 0.1) is 23.5 Å². The van der Waals surface area contributed by atoms with Gasteiger partial charge >= 0.3 is 0 Å². The van der Waals surface area contributed by atoms with Crippen LogP contribution >= 0.6 is 0 Å². The average molecular weight is 414 g/mol. The zero-order valence-corrected chi connectivity index (χ0v) is 17.5. The number of hydrogen-bond donors (Lipinski definition) is 1. The van der Waals surface area contributed by atoms with E-state index < -0.39 is 0 Å². The molecule has 9 nitrogen and oxygen atoms in total. The van der Waals surface area contributed by atoms with Crippen LogP contribution in [0.3, 0.4) is 0 Å². The van der Waals surface area contributed by atoms with Crippen LogP contribution in [-0.2, 0) is 13.6 Å². The summed E-state index contributed by atoms with van der Waals surface area (Å²) in [6.07, 6.45) is 6.63. The molecule has 0 fully saturated rings.